The summed E-state index contributed by atoms with van der Waals surface area (Å²) in [5, 5.41) is 3.18. The average Bonchev–Trinajstić information content (AvgIpc) is 2.54. The van der Waals surface area contributed by atoms with Crippen molar-refractivity contribution in [1.29, 1.82) is 0 Å². The van der Waals surface area contributed by atoms with Crippen molar-refractivity contribution in [1.82, 2.24) is 5.32 Å². The van der Waals surface area contributed by atoms with Crippen molar-refractivity contribution in [3.63, 3.8) is 0 Å². The van der Waals surface area contributed by atoms with E-state index in [1.165, 1.54) is 4.88 Å². The lowest BCUT2D eigenvalue weighted by atomic mass is 10.2. The van der Waals surface area contributed by atoms with Crippen molar-refractivity contribution in [2.45, 2.75) is 6.04 Å². The van der Waals surface area contributed by atoms with Crippen molar-refractivity contribution in [3.05, 3.63) is 20.8 Å². The number of hydrogen-bond donors (Lipinski definition) is 2. The third-order valence-corrected chi connectivity index (χ3v) is 3.36. The molecule has 2 nitrogen and oxygen atoms in total. The van der Waals surface area contributed by atoms with E-state index in [4.69, 9.17) is 12.2 Å². The van der Waals surface area contributed by atoms with Gasteiger partial charge in [0.1, 0.15) is 0 Å². The molecule has 0 fully saturated rings. The number of nitrogens with one attached hydrogen (secondary N) is 1. The molecular formula is C9H11BrN2S. The Morgan fingerprint density at radius 1 is 1.69 bits per heavy atom. The highest BCUT2D eigenvalue weighted by atomic mass is 79.9. The number of rotatable bonds is 4. The molecule has 0 radical (unpaired) electrons. The Kier molecular flexibility index (Phi) is 4.46. The van der Waals surface area contributed by atoms with Crippen molar-refractivity contribution in [2.75, 3.05) is 13.1 Å². The topological polar surface area (TPSA) is 38.0 Å². The van der Waals surface area contributed by atoms with Crippen LogP contribution in [0.5, 0.6) is 0 Å². The summed E-state index contributed by atoms with van der Waals surface area (Å²) in [7, 11) is 0. The molecule has 1 rings (SSSR count). The van der Waals surface area contributed by atoms with Gasteiger partial charge in [-0.1, -0.05) is 5.92 Å². The average molecular weight is 259 g/mol. The van der Waals surface area contributed by atoms with E-state index < -0.39 is 0 Å². The monoisotopic (exact) mass is 258 g/mol. The lowest BCUT2D eigenvalue weighted by Crippen LogP contribution is -2.27. The predicted octanol–water partition coefficient (Wildman–Crippen LogP) is 1.73. The second kappa shape index (κ2) is 5.40. The van der Waals surface area contributed by atoms with Crippen LogP contribution in [0.2, 0.25) is 0 Å². The van der Waals surface area contributed by atoms with E-state index in [1.807, 2.05) is 6.07 Å². The highest BCUT2D eigenvalue weighted by Gasteiger charge is 2.09. The highest BCUT2D eigenvalue weighted by molar-refractivity contribution is 9.11. The summed E-state index contributed by atoms with van der Waals surface area (Å²) in [6.45, 7) is 1.12. The van der Waals surface area contributed by atoms with Gasteiger partial charge in [-0.3, -0.25) is 5.32 Å². The van der Waals surface area contributed by atoms with Crippen molar-refractivity contribution in [3.8, 4) is 12.3 Å². The zero-order valence-electron chi connectivity index (χ0n) is 7.09. The molecule has 70 valence electrons. The van der Waals surface area contributed by atoms with E-state index in [9.17, 15) is 0 Å². The highest BCUT2D eigenvalue weighted by Crippen LogP contribution is 2.26. The van der Waals surface area contributed by atoms with Crippen LogP contribution in [-0.2, 0) is 0 Å². The maximum atomic E-state index is 5.62. The molecule has 4 heteroatoms. The van der Waals surface area contributed by atoms with E-state index in [-0.39, 0.29) is 6.04 Å². The number of terminal acetylenes is 1. The fourth-order valence-electron chi connectivity index (χ4n) is 0.998. The maximum absolute atomic E-state index is 5.62. The van der Waals surface area contributed by atoms with Gasteiger partial charge in [-0.25, -0.2) is 0 Å². The number of halogens is 1. The van der Waals surface area contributed by atoms with Crippen LogP contribution in [-0.4, -0.2) is 13.1 Å². The molecule has 3 N–H and O–H groups in total. The quantitative estimate of drug-likeness (QED) is 0.808. The minimum atomic E-state index is 0.173. The SMILES string of the molecule is C#CCNC(CN)c1ccc(Br)s1. The first kappa shape index (κ1) is 10.7. The van der Waals surface area contributed by atoms with Crippen LogP contribution in [0, 0.1) is 12.3 Å². The molecule has 0 aliphatic carbocycles. The van der Waals surface area contributed by atoms with Crippen LogP contribution in [0.25, 0.3) is 0 Å². The summed E-state index contributed by atoms with van der Waals surface area (Å²) in [6.07, 6.45) is 5.16. The molecule has 1 heterocycles. The second-order valence-corrected chi connectivity index (χ2v) is 5.01. The minimum Gasteiger partial charge on any atom is -0.329 e. The molecule has 0 aliphatic heterocycles. The van der Waals surface area contributed by atoms with Gasteiger partial charge in [0.15, 0.2) is 0 Å². The summed E-state index contributed by atoms with van der Waals surface area (Å²) in [4.78, 5) is 1.21. The smallest absolute Gasteiger partial charge is 0.0702 e. The maximum Gasteiger partial charge on any atom is 0.0702 e. The summed E-state index contributed by atoms with van der Waals surface area (Å²) < 4.78 is 1.11. The summed E-state index contributed by atoms with van der Waals surface area (Å²) in [6, 6.07) is 4.24. The van der Waals surface area contributed by atoms with Crippen LogP contribution >= 0.6 is 27.3 Å². The standard InChI is InChI=1S/C9H11BrN2S/c1-2-5-12-7(6-11)8-3-4-9(10)13-8/h1,3-4,7,12H,5-6,11H2. The summed E-state index contributed by atoms with van der Waals surface area (Å²) in [5.41, 5.74) is 5.62. The van der Waals surface area contributed by atoms with Gasteiger partial charge < -0.3 is 5.73 Å². The molecule has 1 unspecified atom stereocenters. The van der Waals surface area contributed by atoms with Gasteiger partial charge in [-0.2, -0.15) is 0 Å². The molecule has 0 aliphatic rings. The van der Waals surface area contributed by atoms with E-state index >= 15 is 0 Å². The van der Waals surface area contributed by atoms with E-state index in [1.54, 1.807) is 11.3 Å². The predicted molar refractivity (Wildman–Crippen MR) is 60.7 cm³/mol. The molecule has 0 aromatic carbocycles. The Balaban J connectivity index is 2.62. The Labute approximate surface area is 90.7 Å². The lowest BCUT2D eigenvalue weighted by Gasteiger charge is -2.12. The normalized spacial score (nSPS) is 12.4. The van der Waals surface area contributed by atoms with Gasteiger partial charge in [-0.15, -0.1) is 17.8 Å². The van der Waals surface area contributed by atoms with E-state index in [0.717, 1.165) is 3.79 Å². The summed E-state index contributed by atoms with van der Waals surface area (Å²) in [5.74, 6) is 2.54. The Morgan fingerprint density at radius 2 is 2.46 bits per heavy atom. The van der Waals surface area contributed by atoms with Crippen LogP contribution in [0.4, 0.5) is 0 Å². The van der Waals surface area contributed by atoms with Gasteiger partial charge in [0.2, 0.25) is 0 Å². The van der Waals surface area contributed by atoms with Gasteiger partial charge in [0.05, 0.1) is 16.4 Å². The minimum absolute atomic E-state index is 0.173. The van der Waals surface area contributed by atoms with Crippen molar-refractivity contribution < 1.29 is 0 Å². The van der Waals surface area contributed by atoms with Crippen LogP contribution in [0.1, 0.15) is 10.9 Å². The zero-order valence-corrected chi connectivity index (χ0v) is 9.49. The van der Waals surface area contributed by atoms with Gasteiger partial charge in [0.25, 0.3) is 0 Å². The first-order valence-electron chi connectivity index (χ1n) is 3.90. The molecule has 13 heavy (non-hydrogen) atoms. The molecule has 0 spiro atoms. The molecule has 0 bridgehead atoms. The number of nitrogens with two attached hydrogens (primary N) is 1. The van der Waals surface area contributed by atoms with Crippen LogP contribution < -0.4 is 11.1 Å². The fraction of sp³-hybridized carbons (Fsp3) is 0.333. The first-order valence-corrected chi connectivity index (χ1v) is 5.51. The molecule has 0 saturated heterocycles. The molecule has 0 saturated carbocycles. The fourth-order valence-corrected chi connectivity index (χ4v) is 2.51. The molecule has 1 aromatic rings. The Hall–Kier alpha value is -0.340. The summed E-state index contributed by atoms with van der Waals surface area (Å²) >= 11 is 5.08. The van der Waals surface area contributed by atoms with Crippen LogP contribution in [0.3, 0.4) is 0 Å². The molecule has 1 atom stereocenters. The Morgan fingerprint density at radius 3 is 2.92 bits per heavy atom. The van der Waals surface area contributed by atoms with Crippen molar-refractivity contribution in [2.24, 2.45) is 5.73 Å². The van der Waals surface area contributed by atoms with E-state index in [0.29, 0.717) is 13.1 Å². The van der Waals surface area contributed by atoms with Crippen LogP contribution in [0.15, 0.2) is 15.9 Å². The van der Waals surface area contributed by atoms with E-state index in [2.05, 4.69) is 33.2 Å². The number of hydrogen-bond acceptors (Lipinski definition) is 3. The van der Waals surface area contributed by atoms with Crippen molar-refractivity contribution >= 4 is 27.3 Å². The van der Waals surface area contributed by atoms with Gasteiger partial charge >= 0.3 is 0 Å². The zero-order chi connectivity index (χ0) is 9.68. The number of thiophene rings is 1. The lowest BCUT2D eigenvalue weighted by molar-refractivity contribution is 0.591. The first-order chi connectivity index (χ1) is 6.27. The molecule has 1 aromatic heterocycles. The largest absolute Gasteiger partial charge is 0.329 e. The third kappa shape index (κ3) is 3.12. The second-order valence-electron chi connectivity index (χ2n) is 2.52. The molecule has 0 amide bonds. The third-order valence-electron chi connectivity index (χ3n) is 1.62. The van der Waals surface area contributed by atoms with Gasteiger partial charge in [0, 0.05) is 11.4 Å². The Bertz CT molecular complexity index is 303. The van der Waals surface area contributed by atoms with Gasteiger partial charge in [-0.05, 0) is 28.1 Å². The molecular weight excluding hydrogens is 248 g/mol.